The zero-order valence-electron chi connectivity index (χ0n) is 20.3. The van der Waals surface area contributed by atoms with E-state index >= 15 is 0 Å². The van der Waals surface area contributed by atoms with Gasteiger partial charge in [-0.05, 0) is 78.9 Å². The third-order valence-corrected chi connectivity index (χ3v) is 6.61. The molecule has 0 aliphatic rings. The molecule has 3 aromatic carbocycles. The van der Waals surface area contributed by atoms with Gasteiger partial charge in [-0.25, -0.2) is 9.48 Å². The van der Waals surface area contributed by atoms with Gasteiger partial charge < -0.3 is 9.84 Å². The zero-order valence-corrected chi connectivity index (χ0v) is 21.8. The van der Waals surface area contributed by atoms with E-state index < -0.39 is 5.97 Å². The molecule has 5 nitrogen and oxygen atoms in total. The summed E-state index contributed by atoms with van der Waals surface area (Å²) in [5.74, 6) is -0.210. The van der Waals surface area contributed by atoms with Gasteiger partial charge in [0, 0.05) is 0 Å². The van der Waals surface area contributed by atoms with Crippen LogP contribution in [0.15, 0.2) is 60.7 Å². The third kappa shape index (κ3) is 5.48. The molecule has 0 atom stereocenters. The summed E-state index contributed by atoms with van der Waals surface area (Å²) < 4.78 is 7.98. The van der Waals surface area contributed by atoms with E-state index in [2.05, 4.69) is 6.92 Å². The Kier molecular flexibility index (Phi) is 7.82. The van der Waals surface area contributed by atoms with Crippen molar-refractivity contribution in [3.63, 3.8) is 0 Å². The number of nitrogens with zero attached hydrogens (tertiary/aromatic N) is 2. The highest BCUT2D eigenvalue weighted by Crippen LogP contribution is 2.31. The smallest absolute Gasteiger partial charge is 0.335 e. The molecule has 4 aromatic rings. The average Bonchev–Trinajstić information content (AvgIpc) is 3.16. The second kappa shape index (κ2) is 11.0. The normalized spacial score (nSPS) is 11.2. The second-order valence-corrected chi connectivity index (χ2v) is 9.23. The molecule has 0 fully saturated rings. The van der Waals surface area contributed by atoms with E-state index in [0.717, 1.165) is 45.8 Å². The van der Waals surface area contributed by atoms with Crippen molar-refractivity contribution < 1.29 is 14.6 Å². The van der Waals surface area contributed by atoms with Gasteiger partial charge in [-0.3, -0.25) is 0 Å². The van der Waals surface area contributed by atoms with Gasteiger partial charge in [-0.15, -0.1) is 0 Å². The van der Waals surface area contributed by atoms with Crippen LogP contribution in [0.5, 0.6) is 5.75 Å². The maximum absolute atomic E-state index is 11.2. The Bertz CT molecular complexity index is 1440. The van der Waals surface area contributed by atoms with Crippen molar-refractivity contribution in [3.05, 3.63) is 110 Å². The highest BCUT2D eigenvalue weighted by atomic mass is 35.5. The molecular formula is C29H26Cl2N2O3. The standard InChI is InChI=1S/C29H26Cl2N2O3/c1-4-24-19(3)32-33(28-25(30)9-6-10-26(28)31)27(24)17-36-23-14-13-21(18(2)15-23)12-11-20-7-5-8-22(16-20)29(34)35/h5-16H,4,17H2,1-3H3,(H,34,35). The van der Waals surface area contributed by atoms with Crippen LogP contribution < -0.4 is 4.74 Å². The lowest BCUT2D eigenvalue weighted by Gasteiger charge is -2.14. The van der Waals surface area contributed by atoms with Crippen molar-refractivity contribution in [3.8, 4) is 11.4 Å². The molecule has 1 aromatic heterocycles. The summed E-state index contributed by atoms with van der Waals surface area (Å²) >= 11 is 12.9. The van der Waals surface area contributed by atoms with Crippen molar-refractivity contribution in [2.24, 2.45) is 0 Å². The lowest BCUT2D eigenvalue weighted by molar-refractivity contribution is 0.0697. The van der Waals surface area contributed by atoms with Crippen molar-refractivity contribution in [2.45, 2.75) is 33.8 Å². The number of rotatable bonds is 8. The van der Waals surface area contributed by atoms with E-state index in [1.807, 2.05) is 56.3 Å². The Balaban J connectivity index is 1.56. The molecule has 7 heteroatoms. The van der Waals surface area contributed by atoms with Crippen molar-refractivity contribution in [2.75, 3.05) is 0 Å². The van der Waals surface area contributed by atoms with Crippen LogP contribution in [0.25, 0.3) is 17.8 Å². The number of carboxylic acids is 1. The summed E-state index contributed by atoms with van der Waals surface area (Å²) in [4.78, 5) is 11.2. The Morgan fingerprint density at radius 1 is 1.03 bits per heavy atom. The van der Waals surface area contributed by atoms with E-state index in [0.29, 0.717) is 22.3 Å². The number of hydrogen-bond acceptors (Lipinski definition) is 3. The van der Waals surface area contributed by atoms with Crippen LogP contribution in [0, 0.1) is 13.8 Å². The molecule has 0 amide bonds. The number of carboxylic acid groups (broad SMARTS) is 1. The minimum Gasteiger partial charge on any atom is -0.487 e. The summed E-state index contributed by atoms with van der Waals surface area (Å²) in [6.07, 6.45) is 4.67. The van der Waals surface area contributed by atoms with Crippen molar-refractivity contribution >= 4 is 41.3 Å². The molecule has 0 saturated heterocycles. The fourth-order valence-corrected chi connectivity index (χ4v) is 4.69. The van der Waals surface area contributed by atoms with Crippen LogP contribution in [0.3, 0.4) is 0 Å². The van der Waals surface area contributed by atoms with Crippen LogP contribution in [-0.4, -0.2) is 20.9 Å². The first-order chi connectivity index (χ1) is 17.3. The molecule has 0 bridgehead atoms. The highest BCUT2D eigenvalue weighted by molar-refractivity contribution is 6.37. The molecule has 0 radical (unpaired) electrons. The summed E-state index contributed by atoms with van der Waals surface area (Å²) in [6.45, 7) is 6.38. The van der Waals surface area contributed by atoms with Gasteiger partial charge in [0.25, 0.3) is 0 Å². The number of aromatic carboxylic acids is 1. The minimum absolute atomic E-state index is 0.261. The maximum atomic E-state index is 11.2. The number of aryl methyl sites for hydroxylation is 2. The lowest BCUT2D eigenvalue weighted by atomic mass is 10.1. The first kappa shape index (κ1) is 25.5. The number of carbonyl (C=O) groups is 1. The fraction of sp³-hybridized carbons (Fsp3) is 0.172. The van der Waals surface area contributed by atoms with E-state index in [4.69, 9.17) is 33.0 Å². The SMILES string of the molecule is CCc1c(C)nn(-c2c(Cl)cccc2Cl)c1COc1ccc(C=Cc2cccc(C(=O)O)c2)c(C)c1. The van der Waals surface area contributed by atoms with Gasteiger partial charge in [0.15, 0.2) is 0 Å². The quantitative estimate of drug-likeness (QED) is 0.240. The predicted molar refractivity (Wildman–Crippen MR) is 146 cm³/mol. The molecule has 4 rings (SSSR count). The predicted octanol–water partition coefficient (Wildman–Crippen LogP) is 7.81. The minimum atomic E-state index is -0.942. The topological polar surface area (TPSA) is 64.4 Å². The molecule has 36 heavy (non-hydrogen) atoms. The Morgan fingerprint density at radius 2 is 1.75 bits per heavy atom. The second-order valence-electron chi connectivity index (χ2n) is 8.42. The number of para-hydroxylation sites is 1. The molecule has 0 spiro atoms. The van der Waals surface area contributed by atoms with Crippen LogP contribution in [-0.2, 0) is 13.0 Å². The van der Waals surface area contributed by atoms with Gasteiger partial charge >= 0.3 is 5.97 Å². The molecule has 184 valence electrons. The van der Waals surface area contributed by atoms with Gasteiger partial charge in [-0.2, -0.15) is 5.10 Å². The van der Waals surface area contributed by atoms with E-state index in [-0.39, 0.29) is 5.56 Å². The maximum Gasteiger partial charge on any atom is 0.335 e. The van der Waals surface area contributed by atoms with Crippen LogP contribution in [0.2, 0.25) is 10.0 Å². The van der Waals surface area contributed by atoms with Crippen molar-refractivity contribution in [1.29, 1.82) is 0 Å². The molecule has 1 heterocycles. The monoisotopic (exact) mass is 520 g/mol. The number of aromatic nitrogens is 2. The zero-order chi connectivity index (χ0) is 25.8. The molecule has 0 aliphatic carbocycles. The largest absolute Gasteiger partial charge is 0.487 e. The number of ether oxygens (including phenoxy) is 1. The highest BCUT2D eigenvalue weighted by Gasteiger charge is 2.19. The number of hydrogen-bond donors (Lipinski definition) is 1. The molecule has 1 N–H and O–H groups in total. The summed E-state index contributed by atoms with van der Waals surface area (Å²) in [5.41, 5.74) is 6.70. The Hall–Kier alpha value is -3.54. The van der Waals surface area contributed by atoms with Gasteiger partial charge in [0.2, 0.25) is 0 Å². The van der Waals surface area contributed by atoms with Gasteiger partial charge in [-0.1, -0.05) is 66.5 Å². The lowest BCUT2D eigenvalue weighted by Crippen LogP contribution is -2.08. The molecular weight excluding hydrogens is 495 g/mol. The Morgan fingerprint density at radius 3 is 2.42 bits per heavy atom. The van der Waals surface area contributed by atoms with E-state index in [1.54, 1.807) is 35.0 Å². The Labute approximate surface area is 220 Å². The molecule has 0 unspecified atom stereocenters. The van der Waals surface area contributed by atoms with Crippen LogP contribution in [0.1, 0.15) is 50.9 Å². The van der Waals surface area contributed by atoms with E-state index in [9.17, 15) is 9.90 Å². The number of benzene rings is 3. The van der Waals surface area contributed by atoms with Crippen molar-refractivity contribution in [1.82, 2.24) is 9.78 Å². The first-order valence-electron chi connectivity index (χ1n) is 11.5. The fourth-order valence-electron chi connectivity index (χ4n) is 4.13. The third-order valence-electron chi connectivity index (χ3n) is 6.00. The number of halogens is 2. The summed E-state index contributed by atoms with van der Waals surface area (Å²) in [6, 6.07) is 18.1. The summed E-state index contributed by atoms with van der Waals surface area (Å²) in [7, 11) is 0. The molecule has 0 saturated carbocycles. The van der Waals surface area contributed by atoms with Crippen LogP contribution >= 0.6 is 23.2 Å². The average molecular weight is 521 g/mol. The van der Waals surface area contributed by atoms with E-state index in [1.165, 1.54) is 0 Å². The van der Waals surface area contributed by atoms with Crippen LogP contribution in [0.4, 0.5) is 0 Å². The summed E-state index contributed by atoms with van der Waals surface area (Å²) in [5, 5.41) is 14.9. The molecule has 0 aliphatic heterocycles. The van der Waals surface area contributed by atoms with Gasteiger partial charge in [0.1, 0.15) is 18.0 Å². The first-order valence-corrected chi connectivity index (χ1v) is 12.3. The van der Waals surface area contributed by atoms with Gasteiger partial charge in [0.05, 0.1) is 27.0 Å².